The minimum Gasteiger partial charge on any atom is -0.389 e. The Morgan fingerprint density at radius 1 is 1.40 bits per heavy atom. The molecule has 0 aliphatic rings. The maximum absolute atomic E-state index is 12.5. The van der Waals surface area contributed by atoms with Gasteiger partial charge in [-0.3, -0.25) is 9.36 Å². The van der Waals surface area contributed by atoms with E-state index in [4.69, 9.17) is 16.3 Å². The van der Waals surface area contributed by atoms with Crippen LogP contribution in [0.4, 0.5) is 0 Å². The van der Waals surface area contributed by atoms with Gasteiger partial charge in [-0.25, -0.2) is 4.98 Å². The first-order valence-corrected chi connectivity index (χ1v) is 9.25. The second kappa shape index (κ2) is 8.10. The van der Waals surface area contributed by atoms with E-state index < -0.39 is 6.10 Å². The Kier molecular flexibility index (Phi) is 5.86. The summed E-state index contributed by atoms with van der Waals surface area (Å²) in [7, 11) is 0. The van der Waals surface area contributed by atoms with Gasteiger partial charge in [0, 0.05) is 9.90 Å². The monoisotopic (exact) mass is 378 g/mol. The molecule has 2 heterocycles. The van der Waals surface area contributed by atoms with Crippen molar-refractivity contribution in [3.8, 4) is 0 Å². The maximum Gasteiger partial charge on any atom is 0.262 e. The molecule has 7 heteroatoms. The number of aromatic nitrogens is 2. The fraction of sp³-hybridized carbons (Fsp3) is 0.333. The fourth-order valence-electron chi connectivity index (χ4n) is 2.51. The second-order valence-corrected chi connectivity index (χ2v) is 7.27. The number of fused-ring (bicyclic) bond motifs is 1. The molecule has 25 heavy (non-hydrogen) atoms. The molecule has 0 saturated heterocycles. The molecule has 0 unspecified atom stereocenters. The predicted molar refractivity (Wildman–Crippen MR) is 100 cm³/mol. The van der Waals surface area contributed by atoms with E-state index in [-0.39, 0.29) is 18.7 Å². The highest BCUT2D eigenvalue weighted by molar-refractivity contribution is 7.18. The molecule has 1 atom stereocenters. The Bertz CT molecular complexity index is 922. The highest BCUT2D eigenvalue weighted by Gasteiger charge is 2.12. The van der Waals surface area contributed by atoms with Crippen LogP contribution < -0.4 is 5.56 Å². The van der Waals surface area contributed by atoms with Crippen molar-refractivity contribution in [3.63, 3.8) is 0 Å². The molecule has 0 aliphatic heterocycles. The van der Waals surface area contributed by atoms with Crippen LogP contribution >= 0.6 is 22.9 Å². The van der Waals surface area contributed by atoms with Crippen LogP contribution in [0.5, 0.6) is 0 Å². The topological polar surface area (TPSA) is 64.4 Å². The van der Waals surface area contributed by atoms with Gasteiger partial charge in [-0.15, -0.1) is 11.3 Å². The zero-order valence-electron chi connectivity index (χ0n) is 13.8. The van der Waals surface area contributed by atoms with E-state index in [0.29, 0.717) is 17.0 Å². The molecule has 0 fully saturated rings. The van der Waals surface area contributed by atoms with Crippen LogP contribution in [0.2, 0.25) is 5.02 Å². The first-order chi connectivity index (χ1) is 12.1. The SMILES string of the molecule is CCc1cc2c(=O)n(C[C@H](O)COCc3ccccc3Cl)cnc2s1. The molecule has 0 spiro atoms. The van der Waals surface area contributed by atoms with E-state index in [1.807, 2.05) is 31.2 Å². The predicted octanol–water partition coefficient (Wildman–Crippen LogP) is 3.25. The van der Waals surface area contributed by atoms with E-state index >= 15 is 0 Å². The van der Waals surface area contributed by atoms with Crippen LogP contribution in [0.1, 0.15) is 17.4 Å². The van der Waals surface area contributed by atoms with Crippen molar-refractivity contribution in [2.75, 3.05) is 6.61 Å². The second-order valence-electron chi connectivity index (χ2n) is 5.75. The molecule has 1 N–H and O–H groups in total. The molecule has 0 amide bonds. The Labute approximate surface area is 154 Å². The van der Waals surface area contributed by atoms with Gasteiger partial charge in [-0.1, -0.05) is 36.7 Å². The molecule has 3 aromatic rings. The molecule has 1 aromatic carbocycles. The standard InChI is InChI=1S/C18H19ClN2O3S/c1-2-14-7-15-17(25-14)20-11-21(18(15)23)8-13(22)10-24-9-12-5-3-4-6-16(12)19/h3-7,11,13,22H,2,8-10H2,1H3/t13-/m0/s1. The smallest absolute Gasteiger partial charge is 0.262 e. The number of aryl methyl sites for hydroxylation is 1. The van der Waals surface area contributed by atoms with Crippen molar-refractivity contribution < 1.29 is 9.84 Å². The van der Waals surface area contributed by atoms with Crippen LogP contribution in [0, 0.1) is 0 Å². The molecular formula is C18H19ClN2O3S. The Morgan fingerprint density at radius 3 is 2.96 bits per heavy atom. The van der Waals surface area contributed by atoms with Gasteiger partial charge in [0.15, 0.2) is 0 Å². The molecule has 3 rings (SSSR count). The van der Waals surface area contributed by atoms with Crippen molar-refractivity contribution in [1.82, 2.24) is 9.55 Å². The van der Waals surface area contributed by atoms with E-state index in [9.17, 15) is 9.90 Å². The third kappa shape index (κ3) is 4.27. The third-order valence-electron chi connectivity index (χ3n) is 3.85. The molecule has 132 valence electrons. The Morgan fingerprint density at radius 2 is 2.20 bits per heavy atom. The lowest BCUT2D eigenvalue weighted by molar-refractivity contribution is 0.0199. The summed E-state index contributed by atoms with van der Waals surface area (Å²) in [6.07, 6.45) is 1.56. The lowest BCUT2D eigenvalue weighted by Crippen LogP contribution is -2.29. The third-order valence-corrected chi connectivity index (χ3v) is 5.41. The van der Waals surface area contributed by atoms with Crippen LogP contribution in [-0.4, -0.2) is 27.4 Å². The highest BCUT2D eigenvalue weighted by atomic mass is 35.5. The number of aliphatic hydroxyl groups excluding tert-OH is 1. The van der Waals surface area contributed by atoms with Gasteiger partial charge in [0.25, 0.3) is 5.56 Å². The van der Waals surface area contributed by atoms with Crippen molar-refractivity contribution in [1.29, 1.82) is 0 Å². The molecule has 2 aromatic heterocycles. The van der Waals surface area contributed by atoms with Gasteiger partial charge in [-0.05, 0) is 24.1 Å². The van der Waals surface area contributed by atoms with E-state index in [1.165, 1.54) is 22.2 Å². The molecule has 0 aliphatic carbocycles. The highest BCUT2D eigenvalue weighted by Crippen LogP contribution is 2.21. The van der Waals surface area contributed by atoms with Crippen LogP contribution in [0.15, 0.2) is 41.5 Å². The molecule has 0 bridgehead atoms. The van der Waals surface area contributed by atoms with Gasteiger partial charge in [0.2, 0.25) is 0 Å². The number of hydrogen-bond acceptors (Lipinski definition) is 5. The Balaban J connectivity index is 1.62. The molecular weight excluding hydrogens is 360 g/mol. The van der Waals surface area contributed by atoms with Gasteiger partial charge >= 0.3 is 0 Å². The number of hydrogen-bond donors (Lipinski definition) is 1. The van der Waals surface area contributed by atoms with E-state index in [0.717, 1.165) is 21.7 Å². The number of nitrogens with zero attached hydrogens (tertiary/aromatic N) is 2. The van der Waals surface area contributed by atoms with Gasteiger partial charge in [0.05, 0.1) is 37.6 Å². The summed E-state index contributed by atoms with van der Waals surface area (Å²) >= 11 is 7.59. The number of ether oxygens (including phenoxy) is 1. The quantitative estimate of drug-likeness (QED) is 0.685. The minimum absolute atomic E-state index is 0.111. The van der Waals surface area contributed by atoms with Crippen molar-refractivity contribution in [2.24, 2.45) is 0 Å². The summed E-state index contributed by atoms with van der Waals surface area (Å²) in [5, 5.41) is 11.4. The van der Waals surface area contributed by atoms with Gasteiger partial charge in [0.1, 0.15) is 4.83 Å². The Hall–Kier alpha value is -1.73. The molecule has 0 radical (unpaired) electrons. The van der Waals surface area contributed by atoms with Crippen molar-refractivity contribution >= 4 is 33.2 Å². The summed E-state index contributed by atoms with van der Waals surface area (Å²) in [6, 6.07) is 9.28. The zero-order valence-corrected chi connectivity index (χ0v) is 15.4. The van der Waals surface area contributed by atoms with E-state index in [2.05, 4.69) is 4.98 Å². The largest absolute Gasteiger partial charge is 0.389 e. The average Bonchev–Trinajstić information content (AvgIpc) is 3.03. The summed E-state index contributed by atoms with van der Waals surface area (Å²) in [6.45, 7) is 2.61. The number of thiophene rings is 1. The average molecular weight is 379 g/mol. The summed E-state index contributed by atoms with van der Waals surface area (Å²) in [4.78, 5) is 18.7. The molecule has 0 saturated carbocycles. The zero-order chi connectivity index (χ0) is 17.8. The summed E-state index contributed by atoms with van der Waals surface area (Å²) in [5.41, 5.74) is 0.730. The van der Waals surface area contributed by atoms with E-state index in [1.54, 1.807) is 6.07 Å². The lowest BCUT2D eigenvalue weighted by atomic mass is 10.2. The number of rotatable bonds is 7. The van der Waals surface area contributed by atoms with Crippen LogP contribution in [0.3, 0.4) is 0 Å². The minimum atomic E-state index is -0.802. The van der Waals surface area contributed by atoms with Crippen molar-refractivity contribution in [3.05, 3.63) is 62.5 Å². The van der Waals surface area contributed by atoms with Crippen molar-refractivity contribution in [2.45, 2.75) is 32.6 Å². The fourth-order valence-corrected chi connectivity index (χ4v) is 3.63. The van der Waals surface area contributed by atoms with Gasteiger partial charge < -0.3 is 9.84 Å². The van der Waals surface area contributed by atoms with Crippen LogP contribution in [0.25, 0.3) is 10.2 Å². The maximum atomic E-state index is 12.5. The first-order valence-electron chi connectivity index (χ1n) is 8.05. The normalized spacial score (nSPS) is 12.6. The number of benzene rings is 1. The first kappa shape index (κ1) is 18.1. The number of aliphatic hydroxyl groups is 1. The van der Waals surface area contributed by atoms with Crippen LogP contribution in [-0.2, 0) is 24.3 Å². The summed E-state index contributed by atoms with van der Waals surface area (Å²) < 4.78 is 6.94. The lowest BCUT2D eigenvalue weighted by Gasteiger charge is -2.13. The molecule has 5 nitrogen and oxygen atoms in total. The summed E-state index contributed by atoms with van der Waals surface area (Å²) in [5.74, 6) is 0. The number of halogens is 1. The van der Waals surface area contributed by atoms with Gasteiger partial charge in [-0.2, -0.15) is 0 Å².